The van der Waals surface area contributed by atoms with Crippen LogP contribution < -0.4 is 0 Å². The smallest absolute Gasteiger partial charge is 0.194 e. The van der Waals surface area contributed by atoms with E-state index in [1.165, 1.54) is 61.9 Å². The highest BCUT2D eigenvalue weighted by molar-refractivity contribution is 7.41. The average molecular weight is 843 g/mol. The Hall–Kier alpha value is -6.76. The summed E-state index contributed by atoms with van der Waals surface area (Å²) in [5, 5.41) is 41.6. The SMILES string of the molecule is CC1(C)c2cc3c(cc2-c2sc4sc(C=C5C(=O)c6ccccc6C5=C(C#N)C#N)cc4c21)C(C)(C)c1c-3sc2sc(C=C3C(=O)c4ccccc4C3=C(C#N)C#N)cc12. The fraction of sp³-hybridized carbons (Fsp3) is 0.120. The van der Waals surface area contributed by atoms with E-state index < -0.39 is 0 Å². The van der Waals surface area contributed by atoms with Crippen LogP contribution in [0.3, 0.4) is 0 Å². The van der Waals surface area contributed by atoms with Crippen molar-refractivity contribution in [2.75, 3.05) is 0 Å². The molecule has 10 heteroatoms. The Kier molecular flexibility index (Phi) is 7.50. The first-order chi connectivity index (χ1) is 28.9. The summed E-state index contributed by atoms with van der Waals surface area (Å²) in [4.78, 5) is 31.7. The lowest BCUT2D eigenvalue weighted by atomic mass is 9.78. The van der Waals surface area contributed by atoms with Crippen LogP contribution in [0.1, 0.15) is 91.5 Å². The molecule has 0 radical (unpaired) electrons. The van der Waals surface area contributed by atoms with Gasteiger partial charge in [-0.2, -0.15) is 21.0 Å². The quantitative estimate of drug-likeness (QED) is 0.126. The van der Waals surface area contributed by atoms with Gasteiger partial charge in [0.2, 0.25) is 0 Å². The van der Waals surface area contributed by atoms with Gasteiger partial charge in [-0.3, -0.25) is 9.59 Å². The molecule has 7 aromatic rings. The Bertz CT molecular complexity index is 3310. The zero-order valence-corrected chi connectivity index (χ0v) is 35.6. The summed E-state index contributed by atoms with van der Waals surface area (Å²) < 4.78 is 2.33. The molecule has 0 unspecified atom stereocenters. The average Bonchev–Trinajstić information content (AvgIpc) is 4.11. The van der Waals surface area contributed by atoms with Gasteiger partial charge >= 0.3 is 0 Å². The number of nitrogens with zero attached hydrogens (tertiary/aromatic N) is 4. The molecule has 3 aromatic carbocycles. The molecule has 11 rings (SSSR count). The van der Waals surface area contributed by atoms with Gasteiger partial charge in [0.1, 0.15) is 35.4 Å². The van der Waals surface area contributed by atoms with Gasteiger partial charge in [-0.15, -0.1) is 45.3 Å². The fourth-order valence-electron chi connectivity index (χ4n) is 9.84. The molecule has 0 fully saturated rings. The largest absolute Gasteiger partial charge is 0.289 e. The Balaban J connectivity index is 0.989. The van der Waals surface area contributed by atoms with Crippen LogP contribution in [0.25, 0.3) is 63.0 Å². The maximum atomic E-state index is 13.7. The van der Waals surface area contributed by atoms with Gasteiger partial charge in [0, 0.05) is 74.5 Å². The summed E-state index contributed by atoms with van der Waals surface area (Å²) in [7, 11) is 0. The van der Waals surface area contributed by atoms with Crippen LogP contribution in [0.4, 0.5) is 0 Å². The number of carbonyl (C=O) groups excluding carboxylic acids is 2. The van der Waals surface area contributed by atoms with Crippen LogP contribution in [0, 0.1) is 45.3 Å². The number of Topliss-reactive ketones (excluding diaryl/α,β-unsaturated/α-hetero) is 2. The minimum Gasteiger partial charge on any atom is -0.289 e. The standard InChI is InChI=1S/C50H26N4O2S4/c1-49(2)37-17-32-38(18-31(37)45-41(49)35-15-25(57-47(35)59-45)13-33-39(23(19-51)20-52)27-9-5-7-11-29(27)43(33)55)50(3,4)42-36-16-26(58-48(36)60-46(32)42)14-34-40(24(21-53)22-54)28-10-6-8-12-30(28)44(34)56/h5-18H,1-4H3. The Morgan fingerprint density at radius 1 is 0.517 bits per heavy atom. The van der Waals surface area contributed by atoms with Gasteiger partial charge in [-0.05, 0) is 80.9 Å². The molecular weight excluding hydrogens is 817 g/mol. The molecule has 0 saturated carbocycles. The number of rotatable bonds is 2. The van der Waals surface area contributed by atoms with E-state index in [2.05, 4.69) is 52.0 Å². The van der Waals surface area contributed by atoms with Crippen molar-refractivity contribution in [1.29, 1.82) is 21.0 Å². The van der Waals surface area contributed by atoms with Gasteiger partial charge in [-0.1, -0.05) is 76.2 Å². The molecule has 0 atom stereocenters. The van der Waals surface area contributed by atoms with E-state index in [0.29, 0.717) is 44.5 Å². The van der Waals surface area contributed by atoms with Crippen LogP contribution in [0.15, 0.2) is 95.1 Å². The molecule has 0 saturated heterocycles. The number of hydrogen-bond acceptors (Lipinski definition) is 10. The molecular formula is C50H26N4O2S4. The van der Waals surface area contributed by atoms with Crippen molar-refractivity contribution in [3.63, 3.8) is 0 Å². The van der Waals surface area contributed by atoms with Crippen molar-refractivity contribution in [1.82, 2.24) is 0 Å². The molecule has 4 aliphatic rings. The Labute approximate surface area is 360 Å². The fourth-order valence-corrected chi connectivity index (χ4v) is 15.3. The van der Waals surface area contributed by atoms with E-state index in [4.69, 9.17) is 0 Å². The van der Waals surface area contributed by atoms with Crippen LogP contribution in [0.2, 0.25) is 0 Å². The number of allylic oxidation sites excluding steroid dienone is 6. The molecule has 0 spiro atoms. The molecule has 282 valence electrons. The van der Waals surface area contributed by atoms with Gasteiger partial charge in [-0.25, -0.2) is 0 Å². The van der Waals surface area contributed by atoms with E-state index in [-0.39, 0.29) is 33.5 Å². The first kappa shape index (κ1) is 36.3. The van der Waals surface area contributed by atoms with Gasteiger partial charge in [0.15, 0.2) is 11.6 Å². The third-order valence-electron chi connectivity index (χ3n) is 12.5. The lowest BCUT2D eigenvalue weighted by Gasteiger charge is -2.24. The number of hydrogen-bond donors (Lipinski definition) is 0. The molecule has 4 aliphatic carbocycles. The molecule has 0 bridgehead atoms. The summed E-state index contributed by atoms with van der Waals surface area (Å²) in [6, 6.07) is 31.5. The molecule has 0 N–H and O–H groups in total. The van der Waals surface area contributed by atoms with E-state index in [9.17, 15) is 30.6 Å². The minimum absolute atomic E-state index is 0.0667. The van der Waals surface area contributed by atoms with Crippen LogP contribution in [-0.2, 0) is 10.8 Å². The molecule has 0 aliphatic heterocycles. The monoisotopic (exact) mass is 842 g/mol. The number of nitriles is 4. The highest BCUT2D eigenvalue weighted by Crippen LogP contribution is 2.63. The Morgan fingerprint density at radius 2 is 0.883 bits per heavy atom. The van der Waals surface area contributed by atoms with E-state index >= 15 is 0 Å². The zero-order chi connectivity index (χ0) is 41.6. The first-order valence-corrected chi connectivity index (χ1v) is 22.3. The number of ketones is 2. The highest BCUT2D eigenvalue weighted by atomic mass is 32.2. The highest BCUT2D eigenvalue weighted by Gasteiger charge is 2.45. The summed E-state index contributed by atoms with van der Waals surface area (Å²) in [6.45, 7) is 9.16. The molecule has 4 heterocycles. The van der Waals surface area contributed by atoms with E-state index in [0.717, 1.165) is 9.75 Å². The normalized spacial score (nSPS) is 17.3. The van der Waals surface area contributed by atoms with Gasteiger partial charge in [0.25, 0.3) is 0 Å². The molecule has 60 heavy (non-hydrogen) atoms. The Morgan fingerprint density at radius 3 is 1.25 bits per heavy atom. The summed E-state index contributed by atoms with van der Waals surface area (Å²) in [6.07, 6.45) is 3.70. The second-order valence-electron chi connectivity index (χ2n) is 16.3. The van der Waals surface area contributed by atoms with Gasteiger partial charge in [0.05, 0.1) is 8.03 Å². The maximum Gasteiger partial charge on any atom is 0.194 e. The molecule has 0 amide bonds. The van der Waals surface area contributed by atoms with Crippen molar-refractivity contribution in [2.45, 2.75) is 38.5 Å². The second-order valence-corrected chi connectivity index (χ2v) is 21.0. The summed E-state index contributed by atoms with van der Waals surface area (Å²) >= 11 is 6.82. The van der Waals surface area contributed by atoms with Crippen molar-refractivity contribution >= 4 is 99.0 Å². The van der Waals surface area contributed by atoms with Crippen LogP contribution in [0.5, 0.6) is 0 Å². The van der Waals surface area contributed by atoms with Crippen molar-refractivity contribution in [3.05, 3.63) is 149 Å². The van der Waals surface area contributed by atoms with Crippen molar-refractivity contribution in [2.24, 2.45) is 0 Å². The summed E-state index contributed by atoms with van der Waals surface area (Å²) in [5.41, 5.74) is 10.7. The molecule has 4 aromatic heterocycles. The third kappa shape index (κ3) is 4.62. The van der Waals surface area contributed by atoms with Crippen molar-refractivity contribution < 1.29 is 9.59 Å². The second kappa shape index (κ2) is 12.4. The van der Waals surface area contributed by atoms with Crippen molar-refractivity contribution in [3.8, 4) is 45.2 Å². The zero-order valence-electron chi connectivity index (χ0n) is 32.3. The van der Waals surface area contributed by atoms with Crippen LogP contribution >= 0.6 is 45.3 Å². The lowest BCUT2D eigenvalue weighted by molar-refractivity contribution is 0.103. The number of benzene rings is 3. The number of fused-ring (bicyclic) bond motifs is 12. The third-order valence-corrected chi connectivity index (χ3v) is 17.3. The van der Waals surface area contributed by atoms with E-state index in [1.54, 1.807) is 81.7 Å². The van der Waals surface area contributed by atoms with E-state index in [1.807, 2.05) is 48.6 Å². The topological polar surface area (TPSA) is 129 Å². The minimum atomic E-state index is -0.300. The lowest BCUT2D eigenvalue weighted by Crippen LogP contribution is -2.17. The predicted octanol–water partition coefficient (Wildman–Crippen LogP) is 13.0. The van der Waals surface area contributed by atoms with Gasteiger partial charge < -0.3 is 0 Å². The first-order valence-electron chi connectivity index (χ1n) is 19.1. The summed E-state index contributed by atoms with van der Waals surface area (Å²) in [5.74, 6) is -0.357. The molecule has 6 nitrogen and oxygen atoms in total. The maximum absolute atomic E-state index is 13.7. The van der Waals surface area contributed by atoms with Crippen LogP contribution in [-0.4, -0.2) is 11.6 Å². The number of carbonyl (C=O) groups is 2. The number of thiophene rings is 4. The predicted molar refractivity (Wildman–Crippen MR) is 242 cm³/mol.